The lowest BCUT2D eigenvalue weighted by Gasteiger charge is -2.08. The third-order valence-electron chi connectivity index (χ3n) is 3.13. The Morgan fingerprint density at radius 3 is 2.13 bits per heavy atom. The van der Waals surface area contributed by atoms with Gasteiger partial charge in [0.05, 0.1) is 0 Å². The van der Waals surface area contributed by atoms with E-state index in [-0.39, 0.29) is 5.78 Å². The molecule has 1 unspecified atom stereocenters. The SMILES string of the molecule is C=C(NC)c1ccccc1C.CC(C)=O.CCCNC(C)CC. The van der Waals surface area contributed by atoms with E-state index < -0.39 is 0 Å². The molecule has 0 aliphatic carbocycles. The van der Waals surface area contributed by atoms with Crippen molar-refractivity contribution in [2.75, 3.05) is 13.6 Å². The Balaban J connectivity index is 0. The van der Waals surface area contributed by atoms with Crippen molar-refractivity contribution < 1.29 is 4.79 Å². The predicted octanol–water partition coefficient (Wildman–Crippen LogP) is 4.56. The minimum atomic E-state index is 0.167. The Hall–Kier alpha value is -1.61. The highest BCUT2D eigenvalue weighted by atomic mass is 16.1. The summed E-state index contributed by atoms with van der Waals surface area (Å²) in [4.78, 5) is 9.44. The molecule has 0 amide bonds. The zero-order valence-electron chi connectivity index (χ0n) is 16.1. The summed E-state index contributed by atoms with van der Waals surface area (Å²) in [5, 5.41) is 6.41. The van der Waals surface area contributed by atoms with Gasteiger partial charge in [0, 0.05) is 18.8 Å². The first-order valence-corrected chi connectivity index (χ1v) is 8.43. The van der Waals surface area contributed by atoms with Gasteiger partial charge in [0.2, 0.25) is 0 Å². The van der Waals surface area contributed by atoms with Crippen LogP contribution in [-0.4, -0.2) is 25.4 Å². The zero-order valence-corrected chi connectivity index (χ0v) is 16.1. The van der Waals surface area contributed by atoms with E-state index in [0.717, 1.165) is 12.2 Å². The molecule has 0 radical (unpaired) electrons. The van der Waals surface area contributed by atoms with Crippen molar-refractivity contribution in [2.45, 2.75) is 60.4 Å². The first-order chi connectivity index (χ1) is 10.8. The molecule has 1 rings (SSSR count). The fourth-order valence-electron chi connectivity index (χ4n) is 1.58. The number of ketones is 1. The molecule has 0 bridgehead atoms. The number of rotatable bonds is 6. The van der Waals surface area contributed by atoms with Crippen LogP contribution in [0.3, 0.4) is 0 Å². The normalized spacial score (nSPS) is 10.4. The van der Waals surface area contributed by atoms with Crippen LogP contribution >= 0.6 is 0 Å². The van der Waals surface area contributed by atoms with Gasteiger partial charge in [-0.2, -0.15) is 0 Å². The van der Waals surface area contributed by atoms with Gasteiger partial charge < -0.3 is 15.4 Å². The smallest absolute Gasteiger partial charge is 0.126 e. The fourth-order valence-corrected chi connectivity index (χ4v) is 1.58. The second kappa shape index (κ2) is 15.3. The number of nitrogens with one attached hydrogen (secondary N) is 2. The van der Waals surface area contributed by atoms with E-state index in [4.69, 9.17) is 0 Å². The van der Waals surface area contributed by atoms with Crippen LogP contribution in [0.1, 0.15) is 58.6 Å². The average molecular weight is 321 g/mol. The second-order valence-electron chi connectivity index (χ2n) is 5.72. The molecule has 3 nitrogen and oxygen atoms in total. The maximum absolute atomic E-state index is 9.44. The van der Waals surface area contributed by atoms with Gasteiger partial charge in [-0.3, -0.25) is 0 Å². The molecule has 23 heavy (non-hydrogen) atoms. The number of carbonyl (C=O) groups excluding carboxylic acids is 1. The first-order valence-electron chi connectivity index (χ1n) is 8.43. The summed E-state index contributed by atoms with van der Waals surface area (Å²) in [6, 6.07) is 8.90. The van der Waals surface area contributed by atoms with Gasteiger partial charge in [-0.1, -0.05) is 44.7 Å². The van der Waals surface area contributed by atoms with Crippen molar-refractivity contribution in [3.8, 4) is 0 Å². The van der Waals surface area contributed by atoms with E-state index in [0.29, 0.717) is 6.04 Å². The van der Waals surface area contributed by atoms with E-state index in [1.54, 1.807) is 0 Å². The monoisotopic (exact) mass is 320 g/mol. The topological polar surface area (TPSA) is 41.1 Å². The van der Waals surface area contributed by atoms with Gasteiger partial charge in [-0.05, 0) is 58.2 Å². The quantitative estimate of drug-likeness (QED) is 0.807. The van der Waals surface area contributed by atoms with Gasteiger partial charge in [0.25, 0.3) is 0 Å². The van der Waals surface area contributed by atoms with Crippen LogP contribution in [-0.2, 0) is 4.79 Å². The number of carbonyl (C=O) groups is 1. The first kappa shape index (κ1) is 23.7. The molecule has 0 fully saturated rings. The van der Waals surface area contributed by atoms with Crippen molar-refractivity contribution in [1.29, 1.82) is 0 Å². The highest BCUT2D eigenvalue weighted by molar-refractivity contribution is 5.72. The summed E-state index contributed by atoms with van der Waals surface area (Å²) in [5.74, 6) is 0.167. The maximum Gasteiger partial charge on any atom is 0.126 e. The molecule has 0 aliphatic rings. The fraction of sp³-hybridized carbons (Fsp3) is 0.550. The highest BCUT2D eigenvalue weighted by Crippen LogP contribution is 2.13. The Bertz CT molecular complexity index is 437. The molecule has 0 heterocycles. The Kier molecular flexibility index (Phi) is 15.7. The number of benzene rings is 1. The molecule has 1 atom stereocenters. The number of hydrogen-bond donors (Lipinski definition) is 2. The highest BCUT2D eigenvalue weighted by Gasteiger charge is 1.97. The van der Waals surface area contributed by atoms with E-state index in [1.165, 1.54) is 37.8 Å². The molecule has 132 valence electrons. The third-order valence-corrected chi connectivity index (χ3v) is 3.13. The lowest BCUT2D eigenvalue weighted by Crippen LogP contribution is -2.25. The Morgan fingerprint density at radius 1 is 1.22 bits per heavy atom. The van der Waals surface area contributed by atoms with Crippen LogP contribution in [0.5, 0.6) is 0 Å². The van der Waals surface area contributed by atoms with Crippen LogP contribution in [0.2, 0.25) is 0 Å². The Labute approximate surface area is 143 Å². The van der Waals surface area contributed by atoms with Crippen LogP contribution in [0.25, 0.3) is 5.70 Å². The van der Waals surface area contributed by atoms with Gasteiger partial charge in [-0.25, -0.2) is 0 Å². The molecule has 0 saturated heterocycles. The lowest BCUT2D eigenvalue weighted by molar-refractivity contribution is -0.114. The van der Waals surface area contributed by atoms with Crippen molar-refractivity contribution in [2.24, 2.45) is 0 Å². The summed E-state index contributed by atoms with van der Waals surface area (Å²) in [6.45, 7) is 16.8. The van der Waals surface area contributed by atoms with E-state index >= 15 is 0 Å². The van der Waals surface area contributed by atoms with Gasteiger partial charge in [-0.15, -0.1) is 0 Å². The molecule has 0 spiro atoms. The standard InChI is InChI=1S/C10H13N.C7H17N.C3H6O/c1-8-6-4-5-7-10(8)9(2)11-3;1-4-6-8-7(3)5-2;1-3(2)4/h4-7,11H,2H2,1,3H3;7-8H,4-6H2,1-3H3;1-2H3. The molecule has 0 aromatic heterocycles. The minimum Gasteiger partial charge on any atom is -0.388 e. The lowest BCUT2D eigenvalue weighted by atomic mass is 10.1. The molecule has 1 aromatic carbocycles. The zero-order chi connectivity index (χ0) is 18.3. The summed E-state index contributed by atoms with van der Waals surface area (Å²) < 4.78 is 0. The molecular weight excluding hydrogens is 284 g/mol. The van der Waals surface area contributed by atoms with E-state index in [9.17, 15) is 4.79 Å². The van der Waals surface area contributed by atoms with Crippen LogP contribution in [0.15, 0.2) is 30.8 Å². The number of Topliss-reactive ketones (excluding diaryl/α,β-unsaturated/α-hetero) is 1. The van der Waals surface area contributed by atoms with Crippen LogP contribution in [0, 0.1) is 6.92 Å². The van der Waals surface area contributed by atoms with Gasteiger partial charge >= 0.3 is 0 Å². The van der Waals surface area contributed by atoms with Gasteiger partial charge in [0.15, 0.2) is 0 Å². The van der Waals surface area contributed by atoms with Crippen molar-refractivity contribution >= 4 is 11.5 Å². The van der Waals surface area contributed by atoms with E-state index in [1.807, 2.05) is 19.2 Å². The summed E-state index contributed by atoms with van der Waals surface area (Å²) in [5.41, 5.74) is 3.42. The second-order valence-corrected chi connectivity index (χ2v) is 5.72. The number of aryl methyl sites for hydroxylation is 1. The molecule has 2 N–H and O–H groups in total. The van der Waals surface area contributed by atoms with E-state index in [2.05, 4.69) is 57.0 Å². The largest absolute Gasteiger partial charge is 0.388 e. The Morgan fingerprint density at radius 2 is 1.74 bits per heavy atom. The summed E-state index contributed by atoms with van der Waals surface area (Å²) in [6.07, 6.45) is 2.48. The van der Waals surface area contributed by atoms with Crippen molar-refractivity contribution in [3.05, 3.63) is 42.0 Å². The summed E-state index contributed by atoms with van der Waals surface area (Å²) in [7, 11) is 1.88. The van der Waals surface area contributed by atoms with Crippen molar-refractivity contribution in [1.82, 2.24) is 10.6 Å². The molecule has 0 saturated carbocycles. The van der Waals surface area contributed by atoms with Crippen LogP contribution < -0.4 is 10.6 Å². The number of hydrogen-bond acceptors (Lipinski definition) is 3. The molecule has 1 aromatic rings. The molecule has 3 heteroatoms. The van der Waals surface area contributed by atoms with Crippen LogP contribution in [0.4, 0.5) is 0 Å². The summed E-state index contributed by atoms with van der Waals surface area (Å²) >= 11 is 0. The predicted molar refractivity (Wildman–Crippen MR) is 104 cm³/mol. The molecule has 0 aliphatic heterocycles. The average Bonchev–Trinajstić information content (AvgIpc) is 2.52. The minimum absolute atomic E-state index is 0.167. The van der Waals surface area contributed by atoms with Crippen molar-refractivity contribution in [3.63, 3.8) is 0 Å². The maximum atomic E-state index is 9.44. The van der Waals surface area contributed by atoms with Gasteiger partial charge in [0.1, 0.15) is 5.78 Å². The molecular formula is C20H36N2O. The third kappa shape index (κ3) is 15.1.